The fourth-order valence-corrected chi connectivity index (χ4v) is 5.31. The van der Waals surface area contributed by atoms with Crippen molar-refractivity contribution in [2.75, 3.05) is 30.7 Å². The van der Waals surface area contributed by atoms with Gasteiger partial charge in [0.15, 0.2) is 14.1 Å². The monoisotopic (exact) mass is 668 g/mol. The molecular weight excluding hydrogens is 629 g/mol. The molecule has 15 heteroatoms. The van der Waals surface area contributed by atoms with E-state index >= 15 is 0 Å². The van der Waals surface area contributed by atoms with Gasteiger partial charge in [0.1, 0.15) is 12.3 Å². The number of carbonyl (C=O) groups is 2. The number of hydrogen-bond donors (Lipinski definition) is 2. The Morgan fingerprint density at radius 1 is 1.20 bits per heavy atom. The lowest BCUT2D eigenvalue weighted by molar-refractivity contribution is -0.173. The Labute approximate surface area is 265 Å². The zero-order chi connectivity index (χ0) is 33.4. The minimum atomic E-state index is -5.01. The van der Waals surface area contributed by atoms with E-state index in [1.54, 1.807) is 35.6 Å². The predicted molar refractivity (Wildman–Crippen MR) is 168 cm³/mol. The molecule has 1 aliphatic heterocycles. The first-order valence-electron chi connectivity index (χ1n) is 14.3. The van der Waals surface area contributed by atoms with E-state index in [2.05, 4.69) is 56.0 Å². The summed E-state index contributed by atoms with van der Waals surface area (Å²) in [5, 5.41) is 4.32. The number of benzene rings is 1. The van der Waals surface area contributed by atoms with E-state index in [0.717, 1.165) is 0 Å². The highest BCUT2D eigenvalue weighted by atomic mass is 32.2. The number of alkyl halides is 3. The molecule has 2 aromatic rings. The molecule has 1 saturated heterocycles. The van der Waals surface area contributed by atoms with Gasteiger partial charge in [0.2, 0.25) is 0 Å². The van der Waals surface area contributed by atoms with E-state index in [4.69, 9.17) is 13.9 Å². The molecule has 1 aromatic carbocycles. The Hall–Kier alpha value is -3.16. The Morgan fingerprint density at radius 3 is 2.51 bits per heavy atom. The van der Waals surface area contributed by atoms with Crippen LogP contribution in [0.3, 0.4) is 0 Å². The summed E-state index contributed by atoms with van der Waals surface area (Å²) in [6.45, 7) is 10.6. The van der Waals surface area contributed by atoms with Crippen molar-refractivity contribution >= 4 is 37.7 Å². The number of anilines is 1. The lowest BCUT2D eigenvalue weighted by Gasteiger charge is -2.37. The van der Waals surface area contributed by atoms with Crippen LogP contribution in [-0.4, -0.2) is 73.4 Å². The molecule has 2 N–H and O–H groups in total. The van der Waals surface area contributed by atoms with Gasteiger partial charge in [-0.15, -0.1) is 11.8 Å². The van der Waals surface area contributed by atoms with Gasteiger partial charge in [-0.1, -0.05) is 50.8 Å². The number of amides is 2. The average Bonchev–Trinajstić information content (AvgIpc) is 3.37. The van der Waals surface area contributed by atoms with Gasteiger partial charge in [0.05, 0.1) is 24.2 Å². The largest absolute Gasteiger partial charge is 0.471 e. The number of hydrogen-bond acceptors (Lipinski definition) is 8. The number of nitrogens with one attached hydrogen (secondary N) is 2. The molecule has 0 radical (unpaired) electrons. The quantitative estimate of drug-likeness (QED) is 0.150. The van der Waals surface area contributed by atoms with E-state index in [1.807, 2.05) is 6.26 Å². The second-order valence-electron chi connectivity index (χ2n) is 11.9. The summed E-state index contributed by atoms with van der Waals surface area (Å²) in [6, 6.07) is 8.26. The van der Waals surface area contributed by atoms with Gasteiger partial charge in [0, 0.05) is 31.1 Å². The molecule has 2 heterocycles. The summed E-state index contributed by atoms with van der Waals surface area (Å²) in [5.41, 5.74) is -0.261. The second-order valence-corrected chi connectivity index (χ2v) is 17.5. The fraction of sp³-hybridized carbons (Fsp3) is 0.533. The maximum absolute atomic E-state index is 13.3. The highest BCUT2D eigenvalue weighted by molar-refractivity contribution is 7.98. The maximum Gasteiger partial charge on any atom is 0.471 e. The lowest BCUT2D eigenvalue weighted by atomic mass is 10.2. The minimum absolute atomic E-state index is 0.0232. The standard InChI is InChI=1S/C30H39F3N4O6SSi/c1-29(2,3)45(5,6)42-18-23-22(41-19-44-4)16-24(43-23)37-17-21(14-10-11-15-34-27(39)30(31,32)33)25(36-28(37)40)35-26(38)20-12-8-7-9-13-20/h7-9,12-13,17,22-24H,11,15-16,18-19H2,1-6H3,(H,34,39)(H,35,36,38,40)/t22?,23-,24-/m1/s1. The van der Waals surface area contributed by atoms with Crippen LogP contribution in [0.15, 0.2) is 41.3 Å². The van der Waals surface area contributed by atoms with Gasteiger partial charge < -0.3 is 24.5 Å². The summed E-state index contributed by atoms with van der Waals surface area (Å²) in [7, 11) is -2.11. The van der Waals surface area contributed by atoms with E-state index in [-0.39, 0.29) is 42.1 Å². The topological polar surface area (TPSA) is 121 Å². The first-order valence-corrected chi connectivity index (χ1v) is 18.6. The molecule has 45 heavy (non-hydrogen) atoms. The Morgan fingerprint density at radius 2 is 1.89 bits per heavy atom. The molecule has 3 rings (SSSR count). The molecule has 0 bridgehead atoms. The molecule has 0 spiro atoms. The van der Waals surface area contributed by atoms with Crippen LogP contribution in [0.1, 0.15) is 55.8 Å². The predicted octanol–water partition coefficient (Wildman–Crippen LogP) is 4.93. The Bertz CT molecular complexity index is 1450. The third-order valence-corrected chi connectivity index (χ3v) is 12.4. The van der Waals surface area contributed by atoms with Crippen molar-refractivity contribution in [3.05, 3.63) is 58.1 Å². The maximum atomic E-state index is 13.3. The molecule has 2 amide bonds. The third-order valence-electron chi connectivity index (χ3n) is 7.54. The van der Waals surface area contributed by atoms with Crippen molar-refractivity contribution in [2.45, 2.75) is 76.4 Å². The number of ether oxygens (including phenoxy) is 2. The van der Waals surface area contributed by atoms with Gasteiger partial charge in [-0.05, 0) is 36.5 Å². The van der Waals surface area contributed by atoms with E-state index < -0.39 is 44.3 Å². The number of aromatic nitrogens is 2. The van der Waals surface area contributed by atoms with Gasteiger partial charge in [-0.2, -0.15) is 18.2 Å². The molecule has 1 aliphatic rings. The van der Waals surface area contributed by atoms with Crippen LogP contribution in [0.5, 0.6) is 0 Å². The molecule has 3 atom stereocenters. The van der Waals surface area contributed by atoms with Gasteiger partial charge in [0.25, 0.3) is 5.91 Å². The lowest BCUT2D eigenvalue weighted by Crippen LogP contribution is -2.44. The zero-order valence-corrected chi connectivity index (χ0v) is 27.9. The fourth-order valence-electron chi connectivity index (χ4n) is 3.99. The number of halogens is 3. The Kier molecular flexibility index (Phi) is 12.4. The molecule has 0 aliphatic carbocycles. The number of carbonyl (C=O) groups excluding carboxylic acids is 2. The number of nitrogens with zero attached hydrogens (tertiary/aromatic N) is 2. The van der Waals surface area contributed by atoms with Crippen molar-refractivity contribution in [1.29, 1.82) is 0 Å². The summed E-state index contributed by atoms with van der Waals surface area (Å²) in [6.07, 6.45) is -3.14. The van der Waals surface area contributed by atoms with Crippen molar-refractivity contribution in [3.63, 3.8) is 0 Å². The van der Waals surface area contributed by atoms with Crippen LogP contribution in [0.4, 0.5) is 19.0 Å². The van der Waals surface area contributed by atoms with Crippen LogP contribution in [0.2, 0.25) is 18.1 Å². The molecule has 1 unspecified atom stereocenters. The van der Waals surface area contributed by atoms with Crippen LogP contribution >= 0.6 is 11.8 Å². The summed E-state index contributed by atoms with van der Waals surface area (Å²) >= 11 is 1.51. The minimum Gasteiger partial charge on any atom is -0.414 e. The highest BCUT2D eigenvalue weighted by Gasteiger charge is 2.42. The van der Waals surface area contributed by atoms with E-state index in [1.165, 1.54) is 22.5 Å². The van der Waals surface area contributed by atoms with Crippen LogP contribution in [0.25, 0.3) is 0 Å². The smallest absolute Gasteiger partial charge is 0.414 e. The van der Waals surface area contributed by atoms with Gasteiger partial charge >= 0.3 is 17.8 Å². The zero-order valence-electron chi connectivity index (χ0n) is 26.1. The average molecular weight is 669 g/mol. The molecule has 10 nitrogen and oxygen atoms in total. The first kappa shape index (κ1) is 36.3. The van der Waals surface area contributed by atoms with Crippen LogP contribution in [0, 0.1) is 11.8 Å². The van der Waals surface area contributed by atoms with Crippen molar-refractivity contribution in [3.8, 4) is 11.8 Å². The summed E-state index contributed by atoms with van der Waals surface area (Å²) in [4.78, 5) is 41.3. The molecule has 246 valence electrons. The molecular formula is C30H39F3N4O6SSi. The van der Waals surface area contributed by atoms with Crippen molar-refractivity contribution in [1.82, 2.24) is 14.9 Å². The van der Waals surface area contributed by atoms with Gasteiger partial charge in [-0.25, -0.2) is 4.79 Å². The summed E-state index contributed by atoms with van der Waals surface area (Å²) in [5.74, 6) is 3.12. The number of thioether (sulfide) groups is 1. The second kappa shape index (κ2) is 15.4. The first-order chi connectivity index (χ1) is 21.0. The van der Waals surface area contributed by atoms with E-state index in [9.17, 15) is 27.6 Å². The van der Waals surface area contributed by atoms with Gasteiger partial charge in [-0.3, -0.25) is 14.2 Å². The summed E-state index contributed by atoms with van der Waals surface area (Å²) < 4.78 is 57.5. The molecule has 1 fully saturated rings. The molecule has 1 aromatic heterocycles. The van der Waals surface area contributed by atoms with E-state index in [0.29, 0.717) is 17.9 Å². The van der Waals surface area contributed by atoms with Crippen LogP contribution < -0.4 is 16.3 Å². The Balaban J connectivity index is 1.89. The third kappa shape index (κ3) is 10.2. The molecule has 0 saturated carbocycles. The van der Waals surface area contributed by atoms with Crippen molar-refractivity contribution in [2.24, 2.45) is 0 Å². The van der Waals surface area contributed by atoms with Crippen LogP contribution in [-0.2, 0) is 18.7 Å². The number of rotatable bonds is 11. The highest BCUT2D eigenvalue weighted by Crippen LogP contribution is 2.38. The van der Waals surface area contributed by atoms with Crippen molar-refractivity contribution < 1.29 is 36.7 Å². The SMILES string of the molecule is CSCOC1C[C@H](n2cc(C#CCCNC(=O)C(F)(F)F)c(NC(=O)c3ccccc3)nc2=O)O[C@@H]1CO[Si](C)(C)C(C)(C)C. The normalized spacial score (nSPS) is 18.6.